The fourth-order valence-corrected chi connectivity index (χ4v) is 2.94. The van der Waals surface area contributed by atoms with Crippen LogP contribution in [-0.4, -0.2) is 23.9 Å². The van der Waals surface area contributed by atoms with Gasteiger partial charge < -0.3 is 13.9 Å². The van der Waals surface area contributed by atoms with Gasteiger partial charge in [-0.15, -0.1) is 0 Å². The molecule has 3 rings (SSSR count). The second-order valence-electron chi connectivity index (χ2n) is 5.53. The van der Waals surface area contributed by atoms with Crippen molar-refractivity contribution < 1.29 is 13.9 Å². The quantitative estimate of drug-likeness (QED) is 0.256. The van der Waals surface area contributed by atoms with Crippen molar-refractivity contribution in [2.75, 3.05) is 23.9 Å². The van der Waals surface area contributed by atoms with Gasteiger partial charge in [0, 0.05) is 22.8 Å². The van der Waals surface area contributed by atoms with Gasteiger partial charge in [-0.2, -0.15) is 0 Å². The van der Waals surface area contributed by atoms with E-state index in [0.717, 1.165) is 23.5 Å². The van der Waals surface area contributed by atoms with Gasteiger partial charge in [-0.3, -0.25) is 4.79 Å². The van der Waals surface area contributed by atoms with E-state index in [0.29, 0.717) is 46.7 Å². The standard InChI is InChI=1S/C19H18Br2O4/c20-7-1-9-23-13-3-5-15-17(11-13)25-18-12-14(24-10-2-8-21)4-6-16(18)19(15)22/h3-6,11-12H,1-2,7-10H2. The van der Waals surface area contributed by atoms with E-state index in [-0.39, 0.29) is 5.43 Å². The molecule has 0 amide bonds. The van der Waals surface area contributed by atoms with E-state index in [1.165, 1.54) is 0 Å². The Morgan fingerprint density at radius 3 is 1.72 bits per heavy atom. The molecule has 1 heterocycles. The first kappa shape index (κ1) is 18.3. The molecule has 0 aliphatic heterocycles. The zero-order chi connectivity index (χ0) is 17.6. The molecule has 0 atom stereocenters. The Hall–Kier alpha value is -1.53. The van der Waals surface area contributed by atoms with Gasteiger partial charge in [-0.25, -0.2) is 0 Å². The van der Waals surface area contributed by atoms with Gasteiger partial charge in [0.05, 0.1) is 24.0 Å². The Labute approximate surface area is 162 Å². The Balaban J connectivity index is 1.96. The van der Waals surface area contributed by atoms with Crippen molar-refractivity contribution in [1.29, 1.82) is 0 Å². The lowest BCUT2D eigenvalue weighted by atomic mass is 10.1. The maximum Gasteiger partial charge on any atom is 0.200 e. The van der Waals surface area contributed by atoms with E-state index in [2.05, 4.69) is 31.9 Å². The topological polar surface area (TPSA) is 48.7 Å². The summed E-state index contributed by atoms with van der Waals surface area (Å²) in [6.45, 7) is 1.22. The summed E-state index contributed by atoms with van der Waals surface area (Å²) in [5, 5.41) is 2.87. The van der Waals surface area contributed by atoms with Crippen LogP contribution in [0.2, 0.25) is 0 Å². The molecule has 6 heteroatoms. The molecule has 25 heavy (non-hydrogen) atoms. The van der Waals surface area contributed by atoms with Gasteiger partial charge in [0.15, 0.2) is 0 Å². The molecule has 0 radical (unpaired) electrons. The first-order valence-corrected chi connectivity index (χ1v) is 10.4. The zero-order valence-electron chi connectivity index (χ0n) is 13.6. The first-order chi connectivity index (χ1) is 12.2. The molecule has 0 saturated heterocycles. The van der Waals surface area contributed by atoms with Crippen molar-refractivity contribution in [3.05, 3.63) is 46.6 Å². The predicted molar refractivity (Wildman–Crippen MR) is 108 cm³/mol. The van der Waals surface area contributed by atoms with Gasteiger partial charge in [0.1, 0.15) is 22.7 Å². The maximum absolute atomic E-state index is 12.7. The summed E-state index contributed by atoms with van der Waals surface area (Å²) in [6.07, 6.45) is 1.82. The van der Waals surface area contributed by atoms with Crippen LogP contribution in [0.5, 0.6) is 11.5 Å². The summed E-state index contributed by atoms with van der Waals surface area (Å²) in [4.78, 5) is 12.7. The molecule has 0 N–H and O–H groups in total. The molecule has 4 nitrogen and oxygen atoms in total. The maximum atomic E-state index is 12.7. The molecule has 0 bridgehead atoms. The lowest BCUT2D eigenvalue weighted by Gasteiger charge is -2.08. The number of fused-ring (bicyclic) bond motifs is 2. The van der Waals surface area contributed by atoms with E-state index in [9.17, 15) is 4.79 Å². The van der Waals surface area contributed by atoms with Crippen molar-refractivity contribution >= 4 is 53.8 Å². The highest BCUT2D eigenvalue weighted by atomic mass is 79.9. The smallest absolute Gasteiger partial charge is 0.200 e. The third-order valence-electron chi connectivity index (χ3n) is 3.71. The number of hydrogen-bond donors (Lipinski definition) is 0. The van der Waals surface area contributed by atoms with E-state index in [1.54, 1.807) is 36.4 Å². The van der Waals surface area contributed by atoms with Crippen LogP contribution in [0.15, 0.2) is 45.6 Å². The summed E-state index contributed by atoms with van der Waals surface area (Å²) in [6, 6.07) is 10.6. The molecule has 0 fully saturated rings. The fraction of sp³-hybridized carbons (Fsp3) is 0.316. The second kappa shape index (κ2) is 8.72. The Morgan fingerprint density at radius 1 is 0.800 bits per heavy atom. The Kier molecular flexibility index (Phi) is 6.37. The molecule has 132 valence electrons. The van der Waals surface area contributed by atoms with Crippen LogP contribution in [0.3, 0.4) is 0 Å². The highest BCUT2D eigenvalue weighted by Crippen LogP contribution is 2.25. The molecule has 3 aromatic rings. The monoisotopic (exact) mass is 468 g/mol. The van der Waals surface area contributed by atoms with Gasteiger partial charge in [0.2, 0.25) is 5.43 Å². The van der Waals surface area contributed by atoms with Crippen molar-refractivity contribution in [3.8, 4) is 11.5 Å². The van der Waals surface area contributed by atoms with E-state index in [4.69, 9.17) is 13.9 Å². The van der Waals surface area contributed by atoms with Gasteiger partial charge >= 0.3 is 0 Å². The number of alkyl halides is 2. The SMILES string of the molecule is O=c1c2ccc(OCCCBr)cc2oc2cc(OCCCBr)ccc12. The minimum Gasteiger partial charge on any atom is -0.493 e. The zero-order valence-corrected chi connectivity index (χ0v) is 16.8. The van der Waals surface area contributed by atoms with E-state index < -0.39 is 0 Å². The van der Waals surface area contributed by atoms with Crippen LogP contribution >= 0.6 is 31.9 Å². The van der Waals surface area contributed by atoms with Crippen molar-refractivity contribution in [1.82, 2.24) is 0 Å². The summed E-state index contributed by atoms with van der Waals surface area (Å²) >= 11 is 6.75. The minimum atomic E-state index is -0.0460. The summed E-state index contributed by atoms with van der Waals surface area (Å²) < 4.78 is 17.3. The Morgan fingerprint density at radius 2 is 1.28 bits per heavy atom. The average Bonchev–Trinajstić information content (AvgIpc) is 2.62. The second-order valence-corrected chi connectivity index (χ2v) is 7.12. The largest absolute Gasteiger partial charge is 0.493 e. The van der Waals surface area contributed by atoms with Gasteiger partial charge in [-0.05, 0) is 37.1 Å². The molecule has 1 aromatic heterocycles. The fourth-order valence-electron chi connectivity index (χ4n) is 2.48. The molecular weight excluding hydrogens is 452 g/mol. The molecule has 0 saturated carbocycles. The van der Waals surface area contributed by atoms with E-state index >= 15 is 0 Å². The van der Waals surface area contributed by atoms with Crippen LogP contribution in [0, 0.1) is 0 Å². The predicted octanol–water partition coefficient (Wildman–Crippen LogP) is 5.27. The summed E-state index contributed by atoms with van der Waals surface area (Å²) in [5.74, 6) is 1.39. The van der Waals surface area contributed by atoms with Crippen molar-refractivity contribution in [2.45, 2.75) is 12.8 Å². The highest BCUT2D eigenvalue weighted by molar-refractivity contribution is 9.09. The number of halogens is 2. The number of hydrogen-bond acceptors (Lipinski definition) is 4. The highest BCUT2D eigenvalue weighted by Gasteiger charge is 2.10. The van der Waals surface area contributed by atoms with Crippen molar-refractivity contribution in [2.24, 2.45) is 0 Å². The first-order valence-electron chi connectivity index (χ1n) is 8.11. The molecular formula is C19H18Br2O4. The third kappa shape index (κ3) is 4.36. The van der Waals surface area contributed by atoms with Crippen LogP contribution in [0.1, 0.15) is 12.8 Å². The summed E-state index contributed by atoms with van der Waals surface area (Å²) in [5.41, 5.74) is 0.994. The normalized spacial score (nSPS) is 11.1. The number of ether oxygens (including phenoxy) is 2. The molecule has 0 unspecified atom stereocenters. The van der Waals surface area contributed by atoms with Crippen LogP contribution in [0.4, 0.5) is 0 Å². The van der Waals surface area contributed by atoms with Gasteiger partial charge in [0.25, 0.3) is 0 Å². The lowest BCUT2D eigenvalue weighted by Crippen LogP contribution is -2.04. The molecule has 2 aromatic carbocycles. The van der Waals surface area contributed by atoms with Crippen LogP contribution < -0.4 is 14.9 Å². The molecule has 0 spiro atoms. The molecule has 0 aliphatic rings. The van der Waals surface area contributed by atoms with Crippen LogP contribution in [0.25, 0.3) is 21.9 Å². The minimum absolute atomic E-state index is 0.0460. The number of rotatable bonds is 8. The van der Waals surface area contributed by atoms with E-state index in [1.807, 2.05) is 0 Å². The lowest BCUT2D eigenvalue weighted by molar-refractivity contribution is 0.319. The Bertz CT molecular complexity index is 849. The molecule has 0 aliphatic carbocycles. The van der Waals surface area contributed by atoms with Gasteiger partial charge in [-0.1, -0.05) is 31.9 Å². The number of benzene rings is 2. The van der Waals surface area contributed by atoms with Crippen LogP contribution in [-0.2, 0) is 0 Å². The third-order valence-corrected chi connectivity index (χ3v) is 4.83. The van der Waals surface area contributed by atoms with Crippen molar-refractivity contribution in [3.63, 3.8) is 0 Å². The summed E-state index contributed by atoms with van der Waals surface area (Å²) in [7, 11) is 0. The average molecular weight is 470 g/mol.